The normalized spacial score (nSPS) is 17.8. The van der Waals surface area contributed by atoms with E-state index in [-0.39, 0.29) is 18.4 Å². The Morgan fingerprint density at radius 3 is 2.57 bits per heavy atom. The highest BCUT2D eigenvalue weighted by Crippen LogP contribution is 2.30. The number of hydrazine groups is 1. The number of anilines is 2. The molecule has 1 aromatic heterocycles. The van der Waals surface area contributed by atoms with Gasteiger partial charge in [0.1, 0.15) is 5.82 Å². The third kappa shape index (κ3) is 6.01. The van der Waals surface area contributed by atoms with E-state index in [9.17, 15) is 14.8 Å². The van der Waals surface area contributed by atoms with Crippen molar-refractivity contribution in [1.29, 1.82) is 0 Å². The fourth-order valence-corrected chi connectivity index (χ4v) is 3.51. The molecule has 1 atom stereocenters. The first kappa shape index (κ1) is 20.2. The molecule has 0 bridgehead atoms. The molecule has 2 saturated carbocycles. The molecular formula is C18H29N7O3. The van der Waals surface area contributed by atoms with Gasteiger partial charge in [0.25, 0.3) is 0 Å². The number of hydrogen-bond acceptors (Lipinski definition) is 8. The molecule has 1 heterocycles. The first-order chi connectivity index (χ1) is 13.6. The molecule has 10 heteroatoms. The largest absolute Gasteiger partial charge is 0.351 e. The lowest BCUT2D eigenvalue weighted by Gasteiger charge is -2.22. The second kappa shape index (κ2) is 9.63. The Hall–Kier alpha value is -2.49. The van der Waals surface area contributed by atoms with E-state index in [1.165, 1.54) is 0 Å². The standard InChI is InChI=1S/C18H29N7O3/c1-2-15-20-17(19-14-7-8-14)22-18(21-15)24-23-16(27)13(10-25(28)11-26)9-12-5-3-4-6-12/h11-14,28H,2-10H2,1H3,(H,23,27)(H2,19,20,21,22,24)/t13-/m1/s1. The molecule has 2 aliphatic carbocycles. The van der Waals surface area contributed by atoms with Gasteiger partial charge in [0.05, 0.1) is 12.5 Å². The van der Waals surface area contributed by atoms with E-state index >= 15 is 0 Å². The van der Waals surface area contributed by atoms with Crippen LogP contribution in [0.2, 0.25) is 0 Å². The zero-order valence-electron chi connectivity index (χ0n) is 16.2. The van der Waals surface area contributed by atoms with Crippen molar-refractivity contribution in [3.05, 3.63) is 5.82 Å². The van der Waals surface area contributed by atoms with Crippen LogP contribution in [0.25, 0.3) is 0 Å². The molecule has 28 heavy (non-hydrogen) atoms. The van der Waals surface area contributed by atoms with Gasteiger partial charge < -0.3 is 5.32 Å². The number of rotatable bonds is 11. The SMILES string of the molecule is CCc1nc(NNC(=O)[C@H](CC2CCCC2)CN(O)C=O)nc(NC2CC2)n1. The maximum Gasteiger partial charge on any atom is 0.246 e. The van der Waals surface area contributed by atoms with Crippen LogP contribution in [0.5, 0.6) is 0 Å². The van der Waals surface area contributed by atoms with Gasteiger partial charge in [-0.25, -0.2) is 5.06 Å². The van der Waals surface area contributed by atoms with Crippen molar-refractivity contribution in [2.75, 3.05) is 17.3 Å². The summed E-state index contributed by atoms with van der Waals surface area (Å²) in [4.78, 5) is 36.4. The Morgan fingerprint density at radius 1 is 1.21 bits per heavy atom. The Kier molecular flexibility index (Phi) is 6.96. The first-order valence-corrected chi connectivity index (χ1v) is 10.1. The molecule has 0 unspecified atom stereocenters. The summed E-state index contributed by atoms with van der Waals surface area (Å²) in [6.07, 6.45) is 8.27. The summed E-state index contributed by atoms with van der Waals surface area (Å²) < 4.78 is 0. The number of hydrogen-bond donors (Lipinski definition) is 4. The molecule has 0 radical (unpaired) electrons. The summed E-state index contributed by atoms with van der Waals surface area (Å²) in [5, 5.41) is 13.3. The third-order valence-electron chi connectivity index (χ3n) is 5.20. The quantitative estimate of drug-likeness (QED) is 0.253. The molecule has 154 valence electrons. The van der Waals surface area contributed by atoms with Gasteiger partial charge in [-0.15, -0.1) is 0 Å². The molecule has 4 N–H and O–H groups in total. The number of nitrogens with one attached hydrogen (secondary N) is 3. The molecule has 2 aliphatic rings. The van der Waals surface area contributed by atoms with Crippen LogP contribution < -0.4 is 16.2 Å². The fraction of sp³-hybridized carbons (Fsp3) is 0.722. The summed E-state index contributed by atoms with van der Waals surface area (Å²) in [5.74, 6) is 1.01. The molecule has 2 amide bonds. The van der Waals surface area contributed by atoms with Gasteiger partial charge in [-0.3, -0.25) is 25.6 Å². The van der Waals surface area contributed by atoms with Crippen LogP contribution in [0.1, 0.15) is 57.7 Å². The third-order valence-corrected chi connectivity index (χ3v) is 5.20. The maximum atomic E-state index is 12.7. The number of aromatic nitrogens is 3. The minimum Gasteiger partial charge on any atom is -0.351 e. The van der Waals surface area contributed by atoms with E-state index in [0.717, 1.165) is 38.5 Å². The van der Waals surface area contributed by atoms with Crippen molar-refractivity contribution >= 4 is 24.2 Å². The predicted molar refractivity (Wildman–Crippen MR) is 102 cm³/mol. The molecule has 0 spiro atoms. The van der Waals surface area contributed by atoms with Gasteiger partial charge in [-0.1, -0.05) is 32.6 Å². The van der Waals surface area contributed by atoms with Gasteiger partial charge in [0.15, 0.2) is 0 Å². The predicted octanol–water partition coefficient (Wildman–Crippen LogP) is 1.50. The number of carbonyl (C=O) groups excluding carboxylic acids is 2. The minimum absolute atomic E-state index is 0.0423. The lowest BCUT2D eigenvalue weighted by molar-refractivity contribution is -0.154. The second-order valence-corrected chi connectivity index (χ2v) is 7.60. The molecule has 1 aromatic rings. The molecule has 10 nitrogen and oxygen atoms in total. The first-order valence-electron chi connectivity index (χ1n) is 10.1. The van der Waals surface area contributed by atoms with Crippen molar-refractivity contribution in [2.45, 2.75) is 64.3 Å². The number of hydroxylamine groups is 2. The number of nitrogens with zero attached hydrogens (tertiary/aromatic N) is 4. The van der Waals surface area contributed by atoms with Crippen molar-refractivity contribution in [3.63, 3.8) is 0 Å². The van der Waals surface area contributed by atoms with Gasteiger partial charge in [-0.2, -0.15) is 15.0 Å². The molecule has 0 aliphatic heterocycles. The van der Waals surface area contributed by atoms with E-state index < -0.39 is 5.92 Å². The van der Waals surface area contributed by atoms with E-state index in [2.05, 4.69) is 31.1 Å². The summed E-state index contributed by atoms with van der Waals surface area (Å²) in [6, 6.07) is 0.407. The zero-order chi connectivity index (χ0) is 19.9. The van der Waals surface area contributed by atoms with Crippen molar-refractivity contribution < 1.29 is 14.8 Å². The number of amides is 2. The average Bonchev–Trinajstić information content (AvgIpc) is 3.36. The van der Waals surface area contributed by atoms with Crippen molar-refractivity contribution in [3.8, 4) is 0 Å². The highest BCUT2D eigenvalue weighted by molar-refractivity contribution is 5.80. The lowest BCUT2D eigenvalue weighted by Crippen LogP contribution is -2.41. The molecule has 0 saturated heterocycles. The Bertz CT molecular complexity index is 677. The second-order valence-electron chi connectivity index (χ2n) is 7.60. The van der Waals surface area contributed by atoms with Crippen molar-refractivity contribution in [2.24, 2.45) is 11.8 Å². The Balaban J connectivity index is 1.61. The monoisotopic (exact) mass is 391 g/mol. The van der Waals surface area contributed by atoms with E-state index in [1.54, 1.807) is 0 Å². The van der Waals surface area contributed by atoms with Crippen LogP contribution in [-0.4, -0.2) is 50.1 Å². The molecule has 0 aromatic carbocycles. The number of aryl methyl sites for hydroxylation is 1. The maximum absolute atomic E-state index is 12.7. The smallest absolute Gasteiger partial charge is 0.246 e. The molecular weight excluding hydrogens is 362 g/mol. The van der Waals surface area contributed by atoms with Crippen LogP contribution in [0.3, 0.4) is 0 Å². The van der Waals surface area contributed by atoms with Crippen LogP contribution in [0, 0.1) is 11.8 Å². The zero-order valence-corrected chi connectivity index (χ0v) is 16.2. The summed E-state index contributed by atoms with van der Waals surface area (Å²) in [7, 11) is 0. The van der Waals surface area contributed by atoms with Gasteiger partial charge in [-0.05, 0) is 25.2 Å². The summed E-state index contributed by atoms with van der Waals surface area (Å²) in [5.41, 5.74) is 5.39. The van der Waals surface area contributed by atoms with E-state index in [0.29, 0.717) is 48.0 Å². The Labute approximate surface area is 164 Å². The molecule has 2 fully saturated rings. The number of carbonyl (C=O) groups is 2. The molecule has 3 rings (SSSR count). The van der Waals surface area contributed by atoms with Crippen LogP contribution in [0.15, 0.2) is 0 Å². The van der Waals surface area contributed by atoms with Gasteiger partial charge in [0.2, 0.25) is 24.2 Å². The van der Waals surface area contributed by atoms with Crippen LogP contribution in [0.4, 0.5) is 11.9 Å². The minimum atomic E-state index is -0.512. The topological polar surface area (TPSA) is 132 Å². The van der Waals surface area contributed by atoms with Gasteiger partial charge in [0, 0.05) is 12.5 Å². The Morgan fingerprint density at radius 2 is 1.93 bits per heavy atom. The van der Waals surface area contributed by atoms with Crippen LogP contribution in [-0.2, 0) is 16.0 Å². The highest BCUT2D eigenvalue weighted by atomic mass is 16.5. The highest BCUT2D eigenvalue weighted by Gasteiger charge is 2.27. The van der Waals surface area contributed by atoms with Crippen LogP contribution >= 0.6 is 0 Å². The lowest BCUT2D eigenvalue weighted by atomic mass is 9.92. The van der Waals surface area contributed by atoms with Crippen molar-refractivity contribution in [1.82, 2.24) is 25.4 Å². The summed E-state index contributed by atoms with van der Waals surface area (Å²) >= 11 is 0. The summed E-state index contributed by atoms with van der Waals surface area (Å²) in [6.45, 7) is 1.91. The van der Waals surface area contributed by atoms with Gasteiger partial charge >= 0.3 is 0 Å². The fourth-order valence-electron chi connectivity index (χ4n) is 3.51. The van der Waals surface area contributed by atoms with E-state index in [4.69, 9.17) is 0 Å². The van der Waals surface area contributed by atoms with E-state index in [1.807, 2.05) is 6.92 Å². The average molecular weight is 391 g/mol.